The summed E-state index contributed by atoms with van der Waals surface area (Å²) in [6.45, 7) is 16.8. The molecule has 11 atom stereocenters. The van der Waals surface area contributed by atoms with Crippen LogP contribution in [0.25, 0.3) is 0 Å². The maximum atomic E-state index is 11.7. The molecule has 2 N–H and O–H groups in total. The molecule has 6 aliphatic rings. The number of hydrogen-bond acceptors (Lipinski definition) is 5. The lowest BCUT2D eigenvalue weighted by Gasteiger charge is -2.53. The Morgan fingerprint density at radius 3 is 2.76 bits per heavy atom. The molecule has 0 aromatic heterocycles. The third-order valence-electron chi connectivity index (χ3n) is 12.9. The van der Waals surface area contributed by atoms with E-state index in [1.807, 2.05) is 0 Å². The Morgan fingerprint density at radius 2 is 2.02 bits per heavy atom. The molecule has 2 saturated heterocycles. The number of hydrogen-bond donors (Lipinski definition) is 2. The maximum Gasteiger partial charge on any atom is 0.230 e. The van der Waals surface area contributed by atoms with Gasteiger partial charge in [0.15, 0.2) is 0 Å². The Labute approximate surface area is 250 Å². The first-order chi connectivity index (χ1) is 19.3. The van der Waals surface area contributed by atoms with Gasteiger partial charge in [-0.25, -0.2) is 8.42 Å². The van der Waals surface area contributed by atoms with Gasteiger partial charge in [0.1, 0.15) is 5.84 Å². The molecule has 0 radical (unpaired) electrons. The summed E-state index contributed by atoms with van der Waals surface area (Å²) < 4.78 is 33.3. The first-order valence-electron chi connectivity index (χ1n) is 16.3. The van der Waals surface area contributed by atoms with Crippen LogP contribution in [0.2, 0.25) is 17.1 Å². The third-order valence-corrected chi connectivity index (χ3v) is 18.9. The summed E-state index contributed by atoms with van der Waals surface area (Å²) >= 11 is 0. The van der Waals surface area contributed by atoms with Crippen molar-refractivity contribution in [2.45, 2.75) is 121 Å². The predicted octanol–water partition coefficient (Wildman–Crippen LogP) is 6.34. The van der Waals surface area contributed by atoms with Crippen LogP contribution in [0.15, 0.2) is 34.5 Å². The van der Waals surface area contributed by atoms with Crippen LogP contribution < -0.4 is 10.0 Å². The summed E-state index contributed by atoms with van der Waals surface area (Å²) in [6.07, 6.45) is 13.6. The van der Waals surface area contributed by atoms with Gasteiger partial charge in [0.2, 0.25) is 18.3 Å². The Morgan fingerprint density at radius 1 is 1.24 bits per heavy atom. The number of nitrogens with one attached hydrogen (secondary N) is 2. The number of rotatable bonds is 3. The minimum absolute atomic E-state index is 0.0338. The number of allylic oxidation sites excluding steroid dienone is 2. The Hall–Kier alpha value is -1.18. The molecule has 3 heterocycles. The van der Waals surface area contributed by atoms with Crippen LogP contribution >= 0.6 is 0 Å². The number of sulfonamides is 1. The molecule has 0 bridgehead atoms. The zero-order valence-corrected chi connectivity index (χ0v) is 28.1. The quantitative estimate of drug-likeness (QED) is 0.130. The molecular formula is C33H53N3O3SSi. The highest BCUT2D eigenvalue weighted by Gasteiger charge is 2.66. The third kappa shape index (κ3) is 4.98. The summed E-state index contributed by atoms with van der Waals surface area (Å²) in [4.78, 5) is 4.82. The summed E-state index contributed by atoms with van der Waals surface area (Å²) in [7, 11) is -5.40. The average molecular weight is 600 g/mol. The Balaban J connectivity index is 1.24. The van der Waals surface area contributed by atoms with Crippen LogP contribution in [0, 0.1) is 35.0 Å². The van der Waals surface area contributed by atoms with Gasteiger partial charge in [-0.3, -0.25) is 9.71 Å². The molecule has 0 aromatic carbocycles. The number of nitrogens with zero attached hydrogens (tertiary/aromatic N) is 1. The van der Waals surface area contributed by atoms with Crippen molar-refractivity contribution in [2.75, 3.05) is 12.8 Å². The molecule has 6 rings (SSSR count). The van der Waals surface area contributed by atoms with Crippen molar-refractivity contribution in [1.29, 1.82) is 0 Å². The number of fused-ring (bicyclic) bond motifs is 6. The topological polar surface area (TPSA) is 79.8 Å². The fourth-order valence-electron chi connectivity index (χ4n) is 11.0. The van der Waals surface area contributed by atoms with E-state index < -0.39 is 18.3 Å². The molecule has 3 aliphatic carbocycles. The fourth-order valence-corrected chi connectivity index (χ4v) is 17.0. The lowest BCUT2D eigenvalue weighted by molar-refractivity contribution is -0.0344. The molecular weight excluding hydrogens is 547 g/mol. The fraction of sp³-hybridized carbons (Fsp3) is 0.818. The van der Waals surface area contributed by atoms with Gasteiger partial charge in [0.05, 0.1) is 18.4 Å². The van der Waals surface area contributed by atoms with Gasteiger partial charge in [0, 0.05) is 11.1 Å². The smallest absolute Gasteiger partial charge is 0.230 e. The predicted molar refractivity (Wildman–Crippen MR) is 170 cm³/mol. The Kier molecular flexibility index (Phi) is 7.63. The van der Waals surface area contributed by atoms with Gasteiger partial charge in [0.25, 0.3) is 0 Å². The maximum absolute atomic E-state index is 11.7. The van der Waals surface area contributed by atoms with Crippen LogP contribution in [0.5, 0.6) is 0 Å². The van der Waals surface area contributed by atoms with Crippen molar-refractivity contribution in [2.24, 2.45) is 40.0 Å². The molecule has 0 unspecified atom stereocenters. The Bertz CT molecular complexity index is 1290. The van der Waals surface area contributed by atoms with E-state index in [0.717, 1.165) is 37.1 Å². The van der Waals surface area contributed by atoms with Crippen molar-refractivity contribution < 1.29 is 12.8 Å². The minimum atomic E-state index is -3.27. The molecule has 3 saturated carbocycles. The summed E-state index contributed by atoms with van der Waals surface area (Å²) in [5, 5.41) is 3.96. The van der Waals surface area contributed by atoms with E-state index in [1.165, 1.54) is 56.9 Å². The van der Waals surface area contributed by atoms with E-state index in [1.54, 1.807) is 18.1 Å². The molecule has 8 heteroatoms. The minimum Gasteiger partial charge on any atom is -0.411 e. The van der Waals surface area contributed by atoms with Gasteiger partial charge in [-0.15, -0.1) is 5.73 Å². The largest absolute Gasteiger partial charge is 0.411 e. The van der Waals surface area contributed by atoms with Crippen LogP contribution in [0.1, 0.15) is 86.0 Å². The van der Waals surface area contributed by atoms with E-state index in [9.17, 15) is 8.42 Å². The molecule has 6 nitrogen and oxygen atoms in total. The van der Waals surface area contributed by atoms with E-state index in [-0.39, 0.29) is 11.1 Å². The van der Waals surface area contributed by atoms with E-state index >= 15 is 0 Å². The van der Waals surface area contributed by atoms with Crippen molar-refractivity contribution in [3.05, 3.63) is 29.5 Å². The second-order valence-corrected chi connectivity index (χ2v) is 21.3. The summed E-state index contributed by atoms with van der Waals surface area (Å²) in [5.41, 5.74) is 7.05. The van der Waals surface area contributed by atoms with E-state index in [2.05, 4.69) is 56.1 Å². The zero-order valence-electron chi connectivity index (χ0n) is 26.3. The molecule has 0 aromatic rings. The second kappa shape index (κ2) is 10.5. The van der Waals surface area contributed by atoms with Gasteiger partial charge in [-0.2, -0.15) is 0 Å². The van der Waals surface area contributed by atoms with Crippen molar-refractivity contribution >= 4 is 24.2 Å². The molecule has 3 aliphatic heterocycles. The number of amidine groups is 1. The number of piperidine rings is 1. The van der Waals surface area contributed by atoms with Gasteiger partial charge < -0.3 is 9.74 Å². The van der Waals surface area contributed by atoms with Crippen LogP contribution in [-0.2, 0) is 14.4 Å². The van der Waals surface area contributed by atoms with Crippen molar-refractivity contribution in [3.8, 4) is 0 Å². The van der Waals surface area contributed by atoms with Crippen LogP contribution in [-0.4, -0.2) is 53.6 Å². The average Bonchev–Trinajstić information content (AvgIpc) is 3.31. The monoisotopic (exact) mass is 599 g/mol. The lowest BCUT2D eigenvalue weighted by atomic mass is 9.52. The van der Waals surface area contributed by atoms with Crippen molar-refractivity contribution in [1.82, 2.24) is 10.0 Å². The highest BCUT2D eigenvalue weighted by molar-refractivity contribution is 7.89. The summed E-state index contributed by atoms with van der Waals surface area (Å²) in [6, 6.07) is 3.04. The van der Waals surface area contributed by atoms with Crippen molar-refractivity contribution in [3.63, 3.8) is 0 Å². The highest BCUT2D eigenvalue weighted by Crippen LogP contribution is 2.67. The number of aliphatic imine (C=N–C) groups is 1. The van der Waals surface area contributed by atoms with Gasteiger partial charge >= 0.3 is 0 Å². The molecule has 1 spiro atoms. The van der Waals surface area contributed by atoms with Crippen LogP contribution in [0.4, 0.5) is 0 Å². The lowest BCUT2D eigenvalue weighted by Crippen LogP contribution is -2.52. The second-order valence-electron chi connectivity index (χ2n) is 15.4. The first kappa shape index (κ1) is 29.9. The van der Waals surface area contributed by atoms with E-state index in [4.69, 9.17) is 9.42 Å². The SMILES string of the molecule is C=C=C[C@]1(C)[C@@H]2NC[C@@H](C)C[C@H]2O[Si@]12CC[C@@H]1C(=C(C)C2)C[C@H]2[C@H]1CC[C@H]1C[C@H](N=C(C)NS(C)(=O)=O)CC[C@@]12C. The van der Waals surface area contributed by atoms with Gasteiger partial charge in [-0.05, 0) is 125 Å². The van der Waals surface area contributed by atoms with Crippen LogP contribution in [0.3, 0.4) is 0 Å². The molecule has 228 valence electrons. The molecule has 0 amide bonds. The molecule has 5 fully saturated rings. The summed E-state index contributed by atoms with van der Waals surface area (Å²) in [5.74, 6) is 4.16. The molecule has 41 heavy (non-hydrogen) atoms. The highest BCUT2D eigenvalue weighted by atomic mass is 32.2. The standard InChI is InChI=1S/C33H53N3O3SSi/c1-8-13-33(6)31-30(16-21(2)19-34-31)39-41(33)15-12-26-27-10-9-24-17-25(35-23(4)36-40(7,37)38)11-14-32(24,5)29(27)18-28(26)22(3)20-41/h13,21,24-27,29-31,34H,1,9-12,14-20H2,2-7H3,(H,35,36)/t21-,24-,25+,26-,27-,29-,30+,31+,32-,33+,41-/m0/s1. The normalized spacial score (nSPS) is 48.0. The van der Waals surface area contributed by atoms with Gasteiger partial charge in [-0.1, -0.05) is 38.5 Å². The zero-order chi connectivity index (χ0) is 29.4. The van der Waals surface area contributed by atoms with E-state index in [0.29, 0.717) is 35.2 Å². The first-order valence-corrected chi connectivity index (χ1v) is 20.5.